The van der Waals surface area contributed by atoms with Gasteiger partial charge in [-0.15, -0.1) is 0 Å². The van der Waals surface area contributed by atoms with E-state index >= 15 is 0 Å². The fourth-order valence-electron chi connectivity index (χ4n) is 6.25. The molecular formula is C37H54BrN5O4Si2. The maximum atomic E-state index is 10.4. The first-order valence-corrected chi connectivity index (χ1v) is 25.8. The Morgan fingerprint density at radius 3 is 2.06 bits per heavy atom. The van der Waals surface area contributed by atoms with Crippen LogP contribution in [0.5, 0.6) is 0 Å². The summed E-state index contributed by atoms with van der Waals surface area (Å²) in [6, 6.07) is 16.5. The fraction of sp³-hybridized carbons (Fsp3) is 0.541. The van der Waals surface area contributed by atoms with Gasteiger partial charge in [0.25, 0.3) is 0 Å². The van der Waals surface area contributed by atoms with Gasteiger partial charge in [-0.25, -0.2) is 4.98 Å². The molecule has 1 unspecified atom stereocenters. The molecule has 5 rings (SSSR count). The van der Waals surface area contributed by atoms with Gasteiger partial charge in [0, 0.05) is 58.2 Å². The van der Waals surface area contributed by atoms with E-state index in [9.17, 15) is 10.2 Å². The molecule has 12 heteroatoms. The Labute approximate surface area is 302 Å². The van der Waals surface area contributed by atoms with E-state index in [0.29, 0.717) is 26.7 Å². The predicted molar refractivity (Wildman–Crippen MR) is 208 cm³/mol. The summed E-state index contributed by atoms with van der Waals surface area (Å²) < 4.78 is 15.5. The van der Waals surface area contributed by atoms with E-state index in [4.69, 9.17) is 24.5 Å². The number of benzene rings is 1. The summed E-state index contributed by atoms with van der Waals surface area (Å²) in [7, 11) is -2.54. The monoisotopic (exact) mass is 767 g/mol. The van der Waals surface area contributed by atoms with E-state index in [2.05, 4.69) is 78.3 Å². The quantitative estimate of drug-likeness (QED) is 0.0667. The van der Waals surface area contributed by atoms with Crippen LogP contribution in [0.15, 0.2) is 59.3 Å². The van der Waals surface area contributed by atoms with Crippen molar-refractivity contribution in [1.29, 1.82) is 0 Å². The van der Waals surface area contributed by atoms with Crippen LogP contribution in [0, 0.1) is 5.92 Å². The molecule has 1 fully saturated rings. The van der Waals surface area contributed by atoms with Gasteiger partial charge in [-0.2, -0.15) is 9.61 Å². The Bertz CT molecular complexity index is 1610. The normalized spacial score (nSPS) is 17.8. The lowest BCUT2D eigenvalue weighted by atomic mass is 9.78. The zero-order valence-electron chi connectivity index (χ0n) is 30.0. The van der Waals surface area contributed by atoms with Crippen LogP contribution in [0.3, 0.4) is 0 Å². The molecule has 0 saturated heterocycles. The molecule has 0 aliphatic heterocycles. The lowest BCUT2D eigenvalue weighted by Crippen LogP contribution is -2.34. The maximum Gasteiger partial charge on any atom is 0.165 e. The summed E-state index contributed by atoms with van der Waals surface area (Å²) in [5.41, 5.74) is 5.57. The van der Waals surface area contributed by atoms with Crippen LogP contribution >= 0.6 is 15.9 Å². The van der Waals surface area contributed by atoms with E-state index in [1.807, 2.05) is 41.2 Å². The van der Waals surface area contributed by atoms with E-state index in [1.54, 1.807) is 0 Å². The van der Waals surface area contributed by atoms with Crippen molar-refractivity contribution in [3.63, 3.8) is 0 Å². The number of nitrogens with zero attached hydrogens (tertiary/aromatic N) is 5. The number of rotatable bonds is 16. The summed E-state index contributed by atoms with van der Waals surface area (Å²) in [6.07, 6.45) is 6.52. The van der Waals surface area contributed by atoms with Gasteiger partial charge in [0.05, 0.1) is 34.8 Å². The molecule has 0 spiro atoms. The van der Waals surface area contributed by atoms with Gasteiger partial charge in [-0.05, 0) is 65.7 Å². The number of aromatic nitrogens is 4. The van der Waals surface area contributed by atoms with Crippen molar-refractivity contribution in [2.45, 2.75) is 89.1 Å². The number of hydrogen-bond acceptors (Lipinski definition) is 8. The zero-order chi connectivity index (χ0) is 35.2. The molecule has 0 amide bonds. The molecule has 3 aromatic heterocycles. The van der Waals surface area contributed by atoms with E-state index in [0.717, 1.165) is 81.8 Å². The smallest absolute Gasteiger partial charge is 0.165 e. The molecular weight excluding hydrogens is 715 g/mol. The molecule has 4 aromatic rings. The third-order valence-electron chi connectivity index (χ3n) is 9.41. The molecule has 1 aliphatic rings. The maximum absolute atomic E-state index is 10.4. The van der Waals surface area contributed by atoms with Gasteiger partial charge in [-0.1, -0.05) is 75.7 Å². The van der Waals surface area contributed by atoms with E-state index < -0.39 is 22.3 Å². The van der Waals surface area contributed by atoms with Crippen molar-refractivity contribution in [3.8, 4) is 22.4 Å². The van der Waals surface area contributed by atoms with E-state index in [-0.39, 0.29) is 18.4 Å². The summed E-state index contributed by atoms with van der Waals surface area (Å²) >= 11 is 4.01. The van der Waals surface area contributed by atoms with Crippen molar-refractivity contribution in [1.82, 2.24) is 19.6 Å². The number of ether oxygens (including phenoxy) is 2. The predicted octanol–water partition coefficient (Wildman–Crippen LogP) is 8.28. The first-order chi connectivity index (χ1) is 23.3. The van der Waals surface area contributed by atoms with Gasteiger partial charge in [-0.3, -0.25) is 4.98 Å². The molecule has 1 saturated carbocycles. The summed E-state index contributed by atoms with van der Waals surface area (Å²) in [6.45, 7) is 16.1. The van der Waals surface area contributed by atoms with Crippen LogP contribution in [0.25, 0.3) is 28.0 Å². The Kier molecular flexibility index (Phi) is 12.9. The van der Waals surface area contributed by atoms with Crippen LogP contribution in [0.4, 0.5) is 5.82 Å². The molecule has 1 aliphatic carbocycles. The first-order valence-electron chi connectivity index (χ1n) is 17.6. The molecule has 2 N–H and O–H groups in total. The minimum Gasteiger partial charge on any atom is -0.394 e. The van der Waals surface area contributed by atoms with Crippen LogP contribution in [0.2, 0.25) is 51.4 Å². The molecule has 49 heavy (non-hydrogen) atoms. The molecule has 3 heterocycles. The van der Waals surface area contributed by atoms with Gasteiger partial charge in [0.1, 0.15) is 13.5 Å². The summed E-state index contributed by atoms with van der Waals surface area (Å²) in [4.78, 5) is 12.3. The number of aliphatic hydroxyl groups is 2. The van der Waals surface area contributed by atoms with Crippen molar-refractivity contribution in [3.05, 3.63) is 65.0 Å². The van der Waals surface area contributed by atoms with Gasteiger partial charge >= 0.3 is 0 Å². The van der Waals surface area contributed by atoms with Crippen LogP contribution < -0.4 is 4.90 Å². The van der Waals surface area contributed by atoms with Crippen LogP contribution in [-0.4, -0.2) is 85.3 Å². The fourth-order valence-corrected chi connectivity index (χ4v) is 8.59. The highest BCUT2D eigenvalue weighted by atomic mass is 79.9. The number of hydrogen-bond donors (Lipinski definition) is 2. The van der Waals surface area contributed by atoms with Gasteiger partial charge in [0.15, 0.2) is 11.5 Å². The summed E-state index contributed by atoms with van der Waals surface area (Å²) in [5.74, 6) is 1.14. The van der Waals surface area contributed by atoms with Gasteiger partial charge < -0.3 is 24.6 Å². The lowest BCUT2D eigenvalue weighted by molar-refractivity contribution is 0.0300. The molecule has 1 aromatic carbocycles. The Morgan fingerprint density at radius 1 is 0.878 bits per heavy atom. The molecule has 1 atom stereocenters. The minimum atomic E-state index is -1.27. The Morgan fingerprint density at radius 2 is 1.51 bits per heavy atom. The highest BCUT2D eigenvalue weighted by Crippen LogP contribution is 2.43. The molecule has 0 bridgehead atoms. The topological polar surface area (TPSA) is 105 Å². The highest BCUT2D eigenvalue weighted by Gasteiger charge is 2.32. The largest absolute Gasteiger partial charge is 0.394 e. The minimum absolute atomic E-state index is 0.0963. The van der Waals surface area contributed by atoms with E-state index in [1.165, 1.54) is 0 Å². The average Bonchev–Trinajstić information content (AvgIpc) is 3.50. The molecule has 0 radical (unpaired) electrons. The van der Waals surface area contributed by atoms with Crippen LogP contribution in [0.1, 0.15) is 37.3 Å². The average molecular weight is 769 g/mol. The third kappa shape index (κ3) is 10.1. The van der Waals surface area contributed by atoms with Crippen molar-refractivity contribution >= 4 is 43.5 Å². The number of halogens is 1. The molecule has 9 nitrogen and oxygen atoms in total. The Balaban J connectivity index is 1.54. The standard InChI is InChI=1S/C37H54BrN5O4Si2/c1-48(2,3)20-18-46-25-42(26-47-19-21-49(4,5)6)37-34(38)35(29-14-12-28(13-15-29)33(45)24-44)41-36-31(23-40-43(36)37)30-16-17-32(39-22-30)27-10-8-7-9-11-27/h7-11,16-17,22-23,28-29,33,44-45H,12-15,18-21,24-26H2,1-6H3/t28-,29-,33?. The number of pyridine rings is 1. The Hall–Kier alpha value is -2.46. The molecule has 266 valence electrons. The third-order valence-corrected chi connectivity index (χ3v) is 13.6. The number of anilines is 1. The van der Waals surface area contributed by atoms with Crippen molar-refractivity contribution in [2.24, 2.45) is 5.92 Å². The van der Waals surface area contributed by atoms with Crippen molar-refractivity contribution in [2.75, 3.05) is 38.2 Å². The number of aliphatic hydroxyl groups excluding tert-OH is 2. The second-order valence-corrected chi connectivity index (χ2v) is 27.9. The van der Waals surface area contributed by atoms with Crippen molar-refractivity contribution < 1.29 is 19.7 Å². The first kappa shape index (κ1) is 37.8. The number of fused-ring (bicyclic) bond motifs is 1. The summed E-state index contributed by atoms with van der Waals surface area (Å²) in [5, 5.41) is 24.9. The lowest BCUT2D eigenvalue weighted by Gasteiger charge is -2.32. The second-order valence-electron chi connectivity index (χ2n) is 15.8. The highest BCUT2D eigenvalue weighted by molar-refractivity contribution is 9.10. The second kappa shape index (κ2) is 16.7. The SMILES string of the molecule is C[Si](C)(C)CCOCN(COCC[Si](C)(C)C)c1c(Br)c([C@H]2CC[C@H](C(O)CO)CC2)nc2c(-c3ccc(-c4ccccc4)nc3)cnn12. The van der Waals surface area contributed by atoms with Gasteiger partial charge in [0.2, 0.25) is 0 Å². The van der Waals surface area contributed by atoms with Crippen LogP contribution in [-0.2, 0) is 9.47 Å². The zero-order valence-corrected chi connectivity index (χ0v) is 33.6.